The molecule has 4 saturated carbocycles. The Labute approximate surface area is 141 Å². The molecule has 0 N–H and O–H groups in total. The van der Waals surface area contributed by atoms with Crippen LogP contribution in [0.2, 0.25) is 0 Å². The van der Waals surface area contributed by atoms with E-state index in [1.54, 1.807) is 6.08 Å². The van der Waals surface area contributed by atoms with Crippen LogP contribution in [-0.4, -0.2) is 24.1 Å². The molecule has 5 fully saturated rings. The van der Waals surface area contributed by atoms with Crippen LogP contribution in [0.4, 0.5) is 0 Å². The third-order valence-electron chi connectivity index (χ3n) is 7.82. The van der Waals surface area contributed by atoms with Crippen LogP contribution in [0.25, 0.3) is 0 Å². The minimum absolute atomic E-state index is 0.0785. The van der Waals surface area contributed by atoms with E-state index < -0.39 is 10.8 Å². The van der Waals surface area contributed by atoms with Crippen molar-refractivity contribution < 1.29 is 19.1 Å². The lowest BCUT2D eigenvalue weighted by Crippen LogP contribution is -2.67. The zero-order valence-corrected chi connectivity index (χ0v) is 14.0. The molecular weight excluding hydrogens is 304 g/mol. The van der Waals surface area contributed by atoms with Crippen LogP contribution in [0.5, 0.6) is 0 Å². The number of carbonyl (C=O) groups is 3. The van der Waals surface area contributed by atoms with Gasteiger partial charge in [0.25, 0.3) is 0 Å². The molecule has 6 rings (SSSR count). The van der Waals surface area contributed by atoms with Crippen LogP contribution in [0.3, 0.4) is 0 Å². The Morgan fingerprint density at radius 1 is 1.17 bits per heavy atom. The lowest BCUT2D eigenvalue weighted by atomic mass is 9.38. The molecular formula is C20H22O4. The van der Waals surface area contributed by atoms with Gasteiger partial charge in [0.2, 0.25) is 0 Å². The number of rotatable bonds is 0. The molecule has 1 aliphatic heterocycles. The molecule has 126 valence electrons. The highest BCUT2D eigenvalue weighted by molar-refractivity contribution is 6.20. The molecule has 5 atom stereocenters. The first-order valence-corrected chi connectivity index (χ1v) is 9.04. The zero-order valence-electron chi connectivity index (χ0n) is 14.0. The van der Waals surface area contributed by atoms with Gasteiger partial charge in [-0.25, -0.2) is 0 Å². The first-order chi connectivity index (χ1) is 11.4. The van der Waals surface area contributed by atoms with Gasteiger partial charge in [0.15, 0.2) is 11.6 Å². The maximum absolute atomic E-state index is 13.2. The average molecular weight is 326 g/mol. The molecule has 4 nitrogen and oxygen atoms in total. The number of ketones is 2. The molecule has 5 aliphatic carbocycles. The minimum Gasteiger partial charge on any atom is -0.464 e. The highest BCUT2D eigenvalue weighted by Crippen LogP contribution is 2.69. The third kappa shape index (κ3) is 1.30. The molecule has 1 saturated heterocycles. The molecule has 0 radical (unpaired) electrons. The van der Waals surface area contributed by atoms with Crippen molar-refractivity contribution in [3.63, 3.8) is 0 Å². The fourth-order valence-electron chi connectivity index (χ4n) is 6.62. The smallest absolute Gasteiger partial charge is 0.316 e. The normalized spacial score (nSPS) is 49.3. The van der Waals surface area contributed by atoms with Gasteiger partial charge in [0, 0.05) is 5.41 Å². The Morgan fingerprint density at radius 3 is 2.75 bits per heavy atom. The summed E-state index contributed by atoms with van der Waals surface area (Å²) < 4.78 is 5.63. The topological polar surface area (TPSA) is 60.4 Å². The molecule has 1 heterocycles. The Hall–Kier alpha value is -1.71. The predicted molar refractivity (Wildman–Crippen MR) is 85.9 cm³/mol. The number of Topliss-reactive ketones (excluding diaryl/α,β-unsaturated/α-hetero) is 1. The van der Waals surface area contributed by atoms with E-state index >= 15 is 0 Å². The fourth-order valence-corrected chi connectivity index (χ4v) is 6.62. The van der Waals surface area contributed by atoms with E-state index in [1.807, 2.05) is 0 Å². The van der Waals surface area contributed by atoms with Crippen LogP contribution in [-0.2, 0) is 19.1 Å². The summed E-state index contributed by atoms with van der Waals surface area (Å²) in [6.07, 6.45) is 6.38. The van der Waals surface area contributed by atoms with Crippen molar-refractivity contribution in [3.8, 4) is 0 Å². The van der Waals surface area contributed by atoms with Gasteiger partial charge in [-0.05, 0) is 61.2 Å². The second kappa shape index (κ2) is 4.09. The number of ether oxygens (including phenoxy) is 1. The van der Waals surface area contributed by atoms with E-state index in [4.69, 9.17) is 4.74 Å². The van der Waals surface area contributed by atoms with Gasteiger partial charge in [-0.2, -0.15) is 0 Å². The molecule has 24 heavy (non-hydrogen) atoms. The molecule has 4 bridgehead atoms. The van der Waals surface area contributed by atoms with E-state index in [9.17, 15) is 14.4 Å². The van der Waals surface area contributed by atoms with Gasteiger partial charge in [0.1, 0.15) is 6.61 Å². The van der Waals surface area contributed by atoms with Gasteiger partial charge >= 0.3 is 5.97 Å². The van der Waals surface area contributed by atoms with Crippen molar-refractivity contribution in [1.82, 2.24) is 0 Å². The quantitative estimate of drug-likeness (QED) is 0.390. The second-order valence-corrected chi connectivity index (χ2v) is 8.73. The van der Waals surface area contributed by atoms with E-state index in [0.29, 0.717) is 25.0 Å². The number of carbonyl (C=O) groups excluding carboxylic acids is 3. The summed E-state index contributed by atoms with van der Waals surface area (Å²) in [5.41, 5.74) is -0.496. The molecule has 0 aromatic carbocycles. The van der Waals surface area contributed by atoms with Crippen LogP contribution in [0.15, 0.2) is 23.8 Å². The summed E-state index contributed by atoms with van der Waals surface area (Å²) in [4.78, 5) is 39.3. The van der Waals surface area contributed by atoms with Crippen LogP contribution in [0, 0.1) is 28.1 Å². The van der Waals surface area contributed by atoms with Crippen molar-refractivity contribution in [1.29, 1.82) is 0 Å². The van der Waals surface area contributed by atoms with Crippen molar-refractivity contribution in [2.45, 2.75) is 45.4 Å². The van der Waals surface area contributed by atoms with Crippen LogP contribution < -0.4 is 0 Å². The van der Waals surface area contributed by atoms with E-state index in [0.717, 1.165) is 31.3 Å². The summed E-state index contributed by atoms with van der Waals surface area (Å²) in [7, 11) is 0. The highest BCUT2D eigenvalue weighted by atomic mass is 16.5. The van der Waals surface area contributed by atoms with E-state index in [1.165, 1.54) is 0 Å². The van der Waals surface area contributed by atoms with Crippen LogP contribution >= 0.6 is 0 Å². The summed E-state index contributed by atoms with van der Waals surface area (Å²) in [6, 6.07) is 0. The third-order valence-corrected chi connectivity index (χ3v) is 7.82. The largest absolute Gasteiger partial charge is 0.464 e. The number of allylic oxidation sites excluding steroid dienone is 2. The highest BCUT2D eigenvalue weighted by Gasteiger charge is 2.73. The van der Waals surface area contributed by atoms with Crippen molar-refractivity contribution >= 4 is 17.5 Å². The summed E-state index contributed by atoms with van der Waals surface area (Å²) >= 11 is 0. The second-order valence-electron chi connectivity index (χ2n) is 8.73. The van der Waals surface area contributed by atoms with Gasteiger partial charge in [-0.15, -0.1) is 0 Å². The number of esters is 1. The lowest BCUT2D eigenvalue weighted by Gasteiger charge is -2.63. The lowest BCUT2D eigenvalue weighted by molar-refractivity contribution is -0.187. The summed E-state index contributed by atoms with van der Waals surface area (Å²) in [6.45, 7) is 6.43. The molecule has 0 amide bonds. The number of hydrogen-bond donors (Lipinski definition) is 0. The zero-order chi connectivity index (χ0) is 16.9. The fraction of sp³-hybridized carbons (Fsp3) is 0.650. The summed E-state index contributed by atoms with van der Waals surface area (Å²) in [5.74, 6) is -0.496. The van der Waals surface area contributed by atoms with Gasteiger partial charge < -0.3 is 4.74 Å². The van der Waals surface area contributed by atoms with Crippen molar-refractivity contribution in [2.24, 2.45) is 28.1 Å². The molecule has 6 aliphatic rings. The number of fused-ring (bicyclic) bond motifs is 2. The van der Waals surface area contributed by atoms with Gasteiger partial charge in [-0.1, -0.05) is 19.9 Å². The van der Waals surface area contributed by atoms with Crippen LogP contribution in [0.1, 0.15) is 45.4 Å². The molecule has 2 unspecified atom stereocenters. The molecule has 0 aromatic heterocycles. The first kappa shape index (κ1) is 14.6. The van der Waals surface area contributed by atoms with Gasteiger partial charge in [-0.3, -0.25) is 14.4 Å². The first-order valence-electron chi connectivity index (χ1n) is 9.04. The molecule has 1 spiro atoms. The maximum Gasteiger partial charge on any atom is 0.316 e. The Balaban J connectivity index is 1.80. The monoisotopic (exact) mass is 326 g/mol. The molecule has 0 aromatic rings. The van der Waals surface area contributed by atoms with Crippen molar-refractivity contribution in [3.05, 3.63) is 23.8 Å². The predicted octanol–water partition coefficient (Wildman–Crippen LogP) is 2.77. The summed E-state index contributed by atoms with van der Waals surface area (Å²) in [5, 5.41) is 0. The standard InChI is InChI=1S/C20H22O4/c1-11-12-4-7-20(16(11)22)14(8-12)19-6-3-5-18(2,10-24-17(19)23)13(19)9-15(20)21/h9,12,14H,1,3-8,10H2,2H3/t12-,14?,18-,19?,20+/m0/s1. The molecule has 4 heteroatoms. The van der Waals surface area contributed by atoms with E-state index in [-0.39, 0.29) is 34.8 Å². The SMILES string of the molecule is C=C1C(=O)[C@]23CC[C@H]1CC2C12CCC[C@@](C)(COC1=O)C2=CC3=O. The maximum atomic E-state index is 13.2. The number of cyclic esters (lactones) is 1. The average Bonchev–Trinajstić information content (AvgIpc) is 2.57. The van der Waals surface area contributed by atoms with Gasteiger partial charge in [0.05, 0.1) is 10.8 Å². The Bertz CT molecular complexity index is 762. The minimum atomic E-state index is -1.05. The van der Waals surface area contributed by atoms with E-state index in [2.05, 4.69) is 13.5 Å². The number of hydrogen-bond acceptors (Lipinski definition) is 4. The Morgan fingerprint density at radius 2 is 1.96 bits per heavy atom. The Kier molecular flexibility index (Phi) is 2.49. The van der Waals surface area contributed by atoms with Crippen molar-refractivity contribution in [2.75, 3.05) is 6.61 Å².